The predicted molar refractivity (Wildman–Crippen MR) is 103 cm³/mol. The Morgan fingerprint density at radius 3 is 1.12 bits per heavy atom. The van der Waals surface area contributed by atoms with Gasteiger partial charge in [-0.05, 0) is 34.4 Å². The fraction of sp³-hybridized carbons (Fsp3) is 0.250. The third-order valence-electron chi connectivity index (χ3n) is 5.42. The molecule has 0 nitrogen and oxygen atoms in total. The molecule has 3 aromatic rings. The molecule has 3 rings (SSSR count). The Morgan fingerprint density at radius 2 is 0.808 bits per heavy atom. The first kappa shape index (κ1) is 18.3. The maximum atomic E-state index is 14.3. The third kappa shape index (κ3) is 3.16. The zero-order chi connectivity index (χ0) is 18.9. The molecule has 0 aromatic heterocycles. The van der Waals surface area contributed by atoms with Crippen LogP contribution in [0.2, 0.25) is 0 Å². The van der Waals surface area contributed by atoms with E-state index in [9.17, 15) is 8.78 Å². The minimum atomic E-state index is -0.452. The van der Waals surface area contributed by atoms with Crippen LogP contribution in [0, 0.1) is 11.6 Å². The molecule has 3 aromatic carbocycles. The van der Waals surface area contributed by atoms with Crippen LogP contribution < -0.4 is 0 Å². The van der Waals surface area contributed by atoms with E-state index in [-0.39, 0.29) is 11.6 Å². The summed E-state index contributed by atoms with van der Waals surface area (Å²) in [6.45, 7) is 8.07. The molecule has 0 atom stereocenters. The highest BCUT2D eigenvalue weighted by Gasteiger charge is 2.29. The molecule has 0 saturated carbocycles. The summed E-state index contributed by atoms with van der Waals surface area (Å²) in [6, 6.07) is 21.8. The molecule has 0 heterocycles. The average Bonchev–Trinajstić information content (AvgIpc) is 2.62. The first-order valence-corrected chi connectivity index (χ1v) is 8.85. The Kier molecular flexibility index (Phi) is 4.70. The van der Waals surface area contributed by atoms with Crippen molar-refractivity contribution in [1.29, 1.82) is 0 Å². The minimum absolute atomic E-state index is 0.201. The fourth-order valence-corrected chi connectivity index (χ4v) is 3.55. The molecule has 0 unspecified atom stereocenters. The zero-order valence-corrected chi connectivity index (χ0v) is 15.7. The lowest BCUT2D eigenvalue weighted by atomic mass is 9.74. The van der Waals surface area contributed by atoms with E-state index < -0.39 is 10.8 Å². The Hall–Kier alpha value is -2.48. The number of halogens is 2. The van der Waals surface area contributed by atoms with Crippen molar-refractivity contribution in [1.82, 2.24) is 0 Å². The van der Waals surface area contributed by atoms with Gasteiger partial charge in [0.1, 0.15) is 11.6 Å². The van der Waals surface area contributed by atoms with Gasteiger partial charge in [-0.2, -0.15) is 0 Å². The molecule has 0 aliphatic heterocycles. The second kappa shape index (κ2) is 6.68. The van der Waals surface area contributed by atoms with E-state index in [4.69, 9.17) is 0 Å². The van der Waals surface area contributed by atoms with Gasteiger partial charge in [0.05, 0.1) is 0 Å². The van der Waals surface area contributed by atoms with Crippen molar-refractivity contribution in [3.8, 4) is 0 Å². The molecule has 134 valence electrons. The van der Waals surface area contributed by atoms with Crippen LogP contribution in [0.3, 0.4) is 0 Å². The Morgan fingerprint density at radius 1 is 0.500 bits per heavy atom. The molecular weight excluding hydrogens is 326 g/mol. The van der Waals surface area contributed by atoms with Crippen molar-refractivity contribution in [2.24, 2.45) is 0 Å². The van der Waals surface area contributed by atoms with Gasteiger partial charge >= 0.3 is 0 Å². The molecule has 0 aliphatic carbocycles. The Labute approximate surface area is 154 Å². The van der Waals surface area contributed by atoms with Gasteiger partial charge in [-0.1, -0.05) is 88.4 Å². The van der Waals surface area contributed by atoms with Crippen LogP contribution in [0.5, 0.6) is 0 Å². The van der Waals surface area contributed by atoms with Crippen LogP contribution in [-0.4, -0.2) is 0 Å². The number of rotatable bonds is 4. The lowest BCUT2D eigenvalue weighted by Crippen LogP contribution is -2.23. The molecule has 0 fully saturated rings. The van der Waals surface area contributed by atoms with E-state index in [0.717, 1.165) is 11.1 Å². The van der Waals surface area contributed by atoms with E-state index in [1.54, 1.807) is 12.1 Å². The van der Waals surface area contributed by atoms with Crippen LogP contribution in [0.25, 0.3) is 0 Å². The lowest BCUT2D eigenvalue weighted by molar-refractivity contribution is 0.542. The van der Waals surface area contributed by atoms with Crippen LogP contribution in [-0.2, 0) is 10.8 Å². The SMILES string of the molecule is CC(C)(c1ccc(C(C)(C)c2ccccc2F)cc1)c1ccccc1F. The van der Waals surface area contributed by atoms with Crippen molar-refractivity contribution in [3.63, 3.8) is 0 Å². The smallest absolute Gasteiger partial charge is 0.127 e. The highest BCUT2D eigenvalue weighted by Crippen LogP contribution is 2.37. The molecule has 0 spiro atoms. The van der Waals surface area contributed by atoms with Gasteiger partial charge in [0.2, 0.25) is 0 Å². The summed E-state index contributed by atoms with van der Waals surface area (Å²) >= 11 is 0. The maximum absolute atomic E-state index is 14.3. The normalized spacial score (nSPS) is 12.2. The van der Waals surface area contributed by atoms with E-state index in [2.05, 4.69) is 0 Å². The molecule has 0 bridgehead atoms. The summed E-state index contributed by atoms with van der Waals surface area (Å²) in [7, 11) is 0. The van der Waals surface area contributed by atoms with Crippen LogP contribution in [0.15, 0.2) is 72.8 Å². The highest BCUT2D eigenvalue weighted by molar-refractivity contribution is 5.43. The quantitative estimate of drug-likeness (QED) is 0.496. The molecule has 0 amide bonds. The third-order valence-corrected chi connectivity index (χ3v) is 5.42. The molecule has 0 aliphatic rings. The van der Waals surface area contributed by atoms with Gasteiger partial charge in [-0.15, -0.1) is 0 Å². The van der Waals surface area contributed by atoms with Crippen LogP contribution in [0.4, 0.5) is 8.78 Å². The van der Waals surface area contributed by atoms with Crippen LogP contribution in [0.1, 0.15) is 49.9 Å². The largest absolute Gasteiger partial charge is 0.207 e. The summed E-state index contributed by atoms with van der Waals surface area (Å²) in [5.41, 5.74) is 2.48. The fourth-order valence-electron chi connectivity index (χ4n) is 3.55. The first-order chi connectivity index (χ1) is 12.2. The average molecular weight is 350 g/mol. The Balaban J connectivity index is 1.99. The lowest BCUT2D eigenvalue weighted by Gasteiger charge is -2.30. The second-order valence-electron chi connectivity index (χ2n) is 7.79. The van der Waals surface area contributed by atoms with E-state index >= 15 is 0 Å². The molecule has 2 heteroatoms. The van der Waals surface area contributed by atoms with Gasteiger partial charge in [0.15, 0.2) is 0 Å². The summed E-state index contributed by atoms with van der Waals surface area (Å²) in [5.74, 6) is -0.401. The summed E-state index contributed by atoms with van der Waals surface area (Å²) in [4.78, 5) is 0. The van der Waals surface area contributed by atoms with Crippen molar-refractivity contribution in [2.75, 3.05) is 0 Å². The zero-order valence-electron chi connectivity index (χ0n) is 15.7. The van der Waals surface area contributed by atoms with Gasteiger partial charge in [0, 0.05) is 10.8 Å². The minimum Gasteiger partial charge on any atom is -0.207 e. The van der Waals surface area contributed by atoms with Crippen molar-refractivity contribution >= 4 is 0 Å². The molecule has 26 heavy (non-hydrogen) atoms. The van der Waals surface area contributed by atoms with Crippen molar-refractivity contribution in [2.45, 2.75) is 38.5 Å². The monoisotopic (exact) mass is 350 g/mol. The number of hydrogen-bond acceptors (Lipinski definition) is 0. The Bertz CT molecular complexity index is 829. The van der Waals surface area contributed by atoms with Crippen molar-refractivity contribution < 1.29 is 8.78 Å². The number of hydrogen-bond donors (Lipinski definition) is 0. The standard InChI is InChI=1S/C24H24F2/c1-23(2,19-9-5-7-11-21(19)25)17-13-15-18(16-14-17)24(3,4)20-10-6-8-12-22(20)26/h5-16H,1-4H3. The second-order valence-corrected chi connectivity index (χ2v) is 7.79. The first-order valence-electron chi connectivity index (χ1n) is 8.85. The summed E-state index contributed by atoms with van der Waals surface area (Å²) in [6.07, 6.45) is 0. The van der Waals surface area contributed by atoms with Crippen LogP contribution >= 0.6 is 0 Å². The van der Waals surface area contributed by atoms with E-state index in [0.29, 0.717) is 11.1 Å². The molecular formula is C24H24F2. The maximum Gasteiger partial charge on any atom is 0.127 e. The van der Waals surface area contributed by atoms with Gasteiger partial charge in [-0.3, -0.25) is 0 Å². The molecule has 0 saturated heterocycles. The van der Waals surface area contributed by atoms with Crippen molar-refractivity contribution in [3.05, 3.63) is 107 Å². The summed E-state index contributed by atoms with van der Waals surface area (Å²) < 4.78 is 28.5. The van der Waals surface area contributed by atoms with E-state index in [1.807, 2.05) is 76.2 Å². The molecule has 0 radical (unpaired) electrons. The topological polar surface area (TPSA) is 0 Å². The number of benzene rings is 3. The molecule has 0 N–H and O–H groups in total. The van der Waals surface area contributed by atoms with Gasteiger partial charge < -0.3 is 0 Å². The van der Waals surface area contributed by atoms with E-state index in [1.165, 1.54) is 12.1 Å². The van der Waals surface area contributed by atoms with Gasteiger partial charge in [-0.25, -0.2) is 8.78 Å². The highest BCUT2D eigenvalue weighted by atomic mass is 19.1. The predicted octanol–water partition coefficient (Wildman–Crippen LogP) is 6.62. The summed E-state index contributed by atoms with van der Waals surface area (Å²) in [5, 5.41) is 0. The van der Waals surface area contributed by atoms with Gasteiger partial charge in [0.25, 0.3) is 0 Å².